The lowest BCUT2D eigenvalue weighted by molar-refractivity contribution is -0.546. The summed E-state index contributed by atoms with van der Waals surface area (Å²) >= 11 is 0. The summed E-state index contributed by atoms with van der Waals surface area (Å²) in [6, 6.07) is 8.20. The predicted octanol–water partition coefficient (Wildman–Crippen LogP) is 9.02. The third-order valence-electron chi connectivity index (χ3n) is 7.88. The van der Waals surface area contributed by atoms with Crippen molar-refractivity contribution in [3.63, 3.8) is 0 Å². The molecule has 210 valence electrons. The van der Waals surface area contributed by atoms with Gasteiger partial charge in [0.15, 0.2) is 23.8 Å². The van der Waals surface area contributed by atoms with Crippen molar-refractivity contribution in [2.75, 3.05) is 20.8 Å². The van der Waals surface area contributed by atoms with Crippen molar-refractivity contribution in [1.82, 2.24) is 0 Å². The summed E-state index contributed by atoms with van der Waals surface area (Å²) in [6.45, 7) is 3.23. The molecule has 0 amide bonds. The van der Waals surface area contributed by atoms with Crippen molar-refractivity contribution in [3.8, 4) is 11.5 Å². The summed E-state index contributed by atoms with van der Waals surface area (Å²) in [5.74, 6) is 0.444. The van der Waals surface area contributed by atoms with Gasteiger partial charge in [0.05, 0.1) is 19.8 Å². The van der Waals surface area contributed by atoms with Crippen LogP contribution in [0.2, 0.25) is 0 Å². The summed E-state index contributed by atoms with van der Waals surface area (Å²) in [5, 5.41) is 0. The molecule has 0 aliphatic carbocycles. The Labute approximate surface area is 229 Å². The SMILES string of the molecule is CCCCCCCCCCCCCCCC1=[N+](Cc2c(F)cccc2F)CCc2cc(OC)c(OC)cc21. The van der Waals surface area contributed by atoms with E-state index < -0.39 is 11.6 Å². The van der Waals surface area contributed by atoms with E-state index in [1.807, 2.05) is 6.07 Å². The van der Waals surface area contributed by atoms with Crippen LogP contribution in [0.25, 0.3) is 0 Å². The van der Waals surface area contributed by atoms with Crippen LogP contribution in [0, 0.1) is 11.6 Å². The molecule has 1 aliphatic heterocycles. The second kappa shape index (κ2) is 16.5. The van der Waals surface area contributed by atoms with E-state index in [0.29, 0.717) is 5.75 Å². The zero-order valence-corrected chi connectivity index (χ0v) is 23.9. The van der Waals surface area contributed by atoms with Gasteiger partial charge in [-0.1, -0.05) is 90.0 Å². The Morgan fingerprint density at radius 2 is 1.26 bits per heavy atom. The lowest BCUT2D eigenvalue weighted by atomic mass is 9.92. The molecule has 3 rings (SSSR count). The fourth-order valence-electron chi connectivity index (χ4n) is 5.61. The maximum Gasteiger partial charge on any atom is 0.184 e. The van der Waals surface area contributed by atoms with Crippen molar-refractivity contribution in [3.05, 3.63) is 58.7 Å². The fraction of sp³-hybridized carbons (Fsp3) is 0.606. The molecule has 2 aromatic rings. The summed E-state index contributed by atoms with van der Waals surface area (Å²) < 4.78 is 42.3. The number of fused-ring (bicyclic) bond motifs is 1. The second-order valence-electron chi connectivity index (χ2n) is 10.7. The van der Waals surface area contributed by atoms with Crippen LogP contribution in [0.3, 0.4) is 0 Å². The highest BCUT2D eigenvalue weighted by atomic mass is 19.1. The van der Waals surface area contributed by atoms with Gasteiger partial charge in [-0.2, -0.15) is 0 Å². The minimum atomic E-state index is -0.483. The number of hydrogen-bond acceptors (Lipinski definition) is 2. The predicted molar refractivity (Wildman–Crippen MR) is 153 cm³/mol. The molecule has 0 spiro atoms. The molecular formula is C33H48F2NO2+. The van der Waals surface area contributed by atoms with E-state index in [1.165, 1.54) is 101 Å². The van der Waals surface area contributed by atoms with Gasteiger partial charge in [0.25, 0.3) is 0 Å². The number of nitrogens with zero attached hydrogens (tertiary/aromatic N) is 1. The van der Waals surface area contributed by atoms with Crippen LogP contribution in [-0.4, -0.2) is 31.1 Å². The second-order valence-corrected chi connectivity index (χ2v) is 10.7. The van der Waals surface area contributed by atoms with Gasteiger partial charge in [0, 0.05) is 18.4 Å². The van der Waals surface area contributed by atoms with Crippen LogP contribution in [0.5, 0.6) is 11.5 Å². The average Bonchev–Trinajstić information content (AvgIpc) is 2.93. The van der Waals surface area contributed by atoms with E-state index in [0.717, 1.165) is 42.8 Å². The zero-order chi connectivity index (χ0) is 27.2. The van der Waals surface area contributed by atoms with Gasteiger partial charge in [-0.05, 0) is 36.2 Å². The molecule has 0 saturated carbocycles. The van der Waals surface area contributed by atoms with E-state index in [4.69, 9.17) is 9.47 Å². The first-order valence-corrected chi connectivity index (χ1v) is 14.9. The highest BCUT2D eigenvalue weighted by molar-refractivity contribution is 5.99. The molecule has 0 aromatic heterocycles. The van der Waals surface area contributed by atoms with Gasteiger partial charge < -0.3 is 9.47 Å². The van der Waals surface area contributed by atoms with Gasteiger partial charge >= 0.3 is 0 Å². The summed E-state index contributed by atoms with van der Waals surface area (Å²) in [6.07, 6.45) is 18.8. The lowest BCUT2D eigenvalue weighted by Crippen LogP contribution is -2.30. The first kappa shape index (κ1) is 30.1. The Hall–Kier alpha value is -2.43. The highest BCUT2D eigenvalue weighted by Crippen LogP contribution is 2.33. The van der Waals surface area contributed by atoms with Gasteiger partial charge in [-0.3, -0.25) is 0 Å². The first-order chi connectivity index (χ1) is 18.6. The smallest absolute Gasteiger partial charge is 0.184 e. The van der Waals surface area contributed by atoms with Crippen molar-refractivity contribution in [2.24, 2.45) is 0 Å². The molecule has 0 bridgehead atoms. The molecule has 3 nitrogen and oxygen atoms in total. The molecule has 1 heterocycles. The number of hydrogen-bond donors (Lipinski definition) is 0. The Bertz CT molecular complexity index is 1010. The Kier molecular flexibility index (Phi) is 13.1. The van der Waals surface area contributed by atoms with Crippen molar-refractivity contribution in [2.45, 2.75) is 110 Å². The number of halogens is 2. The van der Waals surface area contributed by atoms with E-state index >= 15 is 0 Å². The van der Waals surface area contributed by atoms with Gasteiger partial charge in [0.1, 0.15) is 18.2 Å². The highest BCUT2D eigenvalue weighted by Gasteiger charge is 2.29. The number of unbranched alkanes of at least 4 members (excludes halogenated alkanes) is 12. The van der Waals surface area contributed by atoms with Crippen molar-refractivity contribution in [1.29, 1.82) is 0 Å². The Balaban J connectivity index is 1.58. The molecule has 0 atom stereocenters. The van der Waals surface area contributed by atoms with Crippen LogP contribution in [0.4, 0.5) is 8.78 Å². The molecule has 2 aromatic carbocycles. The average molecular weight is 529 g/mol. The van der Waals surface area contributed by atoms with Crippen LogP contribution >= 0.6 is 0 Å². The maximum atomic E-state index is 14.5. The zero-order valence-electron chi connectivity index (χ0n) is 23.9. The van der Waals surface area contributed by atoms with Gasteiger partial charge in [0.2, 0.25) is 0 Å². The maximum absolute atomic E-state index is 14.5. The molecule has 0 radical (unpaired) electrons. The fourth-order valence-corrected chi connectivity index (χ4v) is 5.61. The summed E-state index contributed by atoms with van der Waals surface area (Å²) in [5.41, 5.74) is 3.61. The minimum absolute atomic E-state index is 0.138. The van der Waals surface area contributed by atoms with E-state index in [1.54, 1.807) is 14.2 Å². The van der Waals surface area contributed by atoms with E-state index in [2.05, 4.69) is 17.6 Å². The van der Waals surface area contributed by atoms with Crippen LogP contribution in [-0.2, 0) is 13.0 Å². The quantitative estimate of drug-likeness (QED) is 0.142. The largest absolute Gasteiger partial charge is 0.493 e. The monoisotopic (exact) mass is 528 g/mol. The molecule has 0 N–H and O–H groups in total. The third kappa shape index (κ3) is 8.81. The number of methoxy groups -OCH3 is 2. The minimum Gasteiger partial charge on any atom is -0.493 e. The van der Waals surface area contributed by atoms with Gasteiger partial charge in [-0.25, -0.2) is 13.4 Å². The van der Waals surface area contributed by atoms with Crippen molar-refractivity contribution >= 4 is 5.71 Å². The van der Waals surface area contributed by atoms with Crippen LogP contribution < -0.4 is 9.47 Å². The van der Waals surface area contributed by atoms with Crippen molar-refractivity contribution < 1.29 is 22.8 Å². The van der Waals surface area contributed by atoms with Crippen LogP contribution in [0.1, 0.15) is 114 Å². The molecule has 38 heavy (non-hydrogen) atoms. The molecule has 0 saturated heterocycles. The van der Waals surface area contributed by atoms with Gasteiger partial charge in [-0.15, -0.1) is 0 Å². The first-order valence-electron chi connectivity index (χ1n) is 14.9. The number of rotatable bonds is 18. The molecule has 0 fully saturated rings. The molecule has 1 aliphatic rings. The van der Waals surface area contributed by atoms with E-state index in [-0.39, 0.29) is 12.1 Å². The third-order valence-corrected chi connectivity index (χ3v) is 7.88. The normalized spacial score (nSPS) is 13.1. The number of ether oxygens (including phenoxy) is 2. The molecule has 0 unspecified atom stereocenters. The molecular weight excluding hydrogens is 480 g/mol. The topological polar surface area (TPSA) is 21.5 Å². The summed E-state index contributed by atoms with van der Waals surface area (Å²) in [7, 11) is 3.30. The van der Waals surface area contributed by atoms with E-state index in [9.17, 15) is 8.78 Å². The Morgan fingerprint density at radius 3 is 1.82 bits per heavy atom. The number of benzene rings is 2. The molecule has 5 heteroatoms. The Morgan fingerprint density at radius 1 is 0.737 bits per heavy atom. The standard InChI is InChI=1S/C33H48F2NO2/c1-4-5-6-7-8-9-10-11-12-13-14-15-16-20-31-27-24-33(38-3)32(37-2)23-26(27)21-22-36(31)25-28-29(34)18-17-19-30(28)35/h17-19,23-24H,4-16,20-22,25H2,1-3H3/q+1. The summed E-state index contributed by atoms with van der Waals surface area (Å²) in [4.78, 5) is 0. The lowest BCUT2D eigenvalue weighted by Gasteiger charge is -2.21. The van der Waals surface area contributed by atoms with Crippen LogP contribution in [0.15, 0.2) is 30.3 Å².